The number of carbonyl (C=O) groups is 1. The maximum absolute atomic E-state index is 12.4. The molecule has 132 valence electrons. The van der Waals surface area contributed by atoms with Crippen LogP contribution in [-0.4, -0.2) is 27.4 Å². The van der Waals surface area contributed by atoms with Crippen LogP contribution in [-0.2, 0) is 4.79 Å². The van der Waals surface area contributed by atoms with E-state index in [2.05, 4.69) is 41.7 Å². The van der Waals surface area contributed by atoms with Crippen LogP contribution in [0.25, 0.3) is 5.70 Å². The lowest BCUT2D eigenvalue weighted by atomic mass is 9.51. The fourth-order valence-corrected chi connectivity index (χ4v) is 6.73. The van der Waals surface area contributed by atoms with E-state index in [9.17, 15) is 4.79 Å². The monoisotopic (exact) mass is 337 g/mol. The van der Waals surface area contributed by atoms with Crippen LogP contribution < -0.4 is 0 Å². The second-order valence-corrected chi connectivity index (χ2v) is 9.00. The van der Waals surface area contributed by atoms with Gasteiger partial charge in [0.1, 0.15) is 0 Å². The lowest BCUT2D eigenvalue weighted by Crippen LogP contribution is -2.48. The summed E-state index contributed by atoms with van der Waals surface area (Å²) < 4.78 is 2.22. The molecular formula is C21H27N3O. The zero-order valence-corrected chi connectivity index (χ0v) is 15.4. The SMILES string of the molecule is CN1C(=O)C[C@@]2(C)C1=CCC1C2CC[C@]2(C)C(n3ccnc3)=CCC12. The Hall–Kier alpha value is -1.84. The molecule has 0 aromatic carbocycles. The topological polar surface area (TPSA) is 38.1 Å². The molecule has 5 atom stereocenters. The summed E-state index contributed by atoms with van der Waals surface area (Å²) in [5, 5.41) is 0. The van der Waals surface area contributed by atoms with Crippen LogP contribution in [0.1, 0.15) is 46.0 Å². The van der Waals surface area contributed by atoms with Gasteiger partial charge in [-0.2, -0.15) is 0 Å². The van der Waals surface area contributed by atoms with Crippen molar-refractivity contribution >= 4 is 11.6 Å². The number of amides is 1. The molecule has 1 aromatic rings. The van der Waals surface area contributed by atoms with Gasteiger partial charge in [0.25, 0.3) is 0 Å². The Bertz CT molecular complexity index is 792. The van der Waals surface area contributed by atoms with Gasteiger partial charge in [-0.25, -0.2) is 4.98 Å². The molecule has 4 heteroatoms. The molecule has 4 aliphatic rings. The quantitative estimate of drug-likeness (QED) is 0.779. The number of carbonyl (C=O) groups excluding carboxylic acids is 1. The van der Waals surface area contributed by atoms with Gasteiger partial charge in [-0.3, -0.25) is 4.79 Å². The van der Waals surface area contributed by atoms with Crippen LogP contribution >= 0.6 is 0 Å². The third-order valence-corrected chi connectivity index (χ3v) is 8.00. The predicted octanol–water partition coefficient (Wildman–Crippen LogP) is 3.93. The first kappa shape index (κ1) is 15.4. The smallest absolute Gasteiger partial charge is 0.227 e. The fraction of sp³-hybridized carbons (Fsp3) is 0.619. The molecule has 0 bridgehead atoms. The van der Waals surface area contributed by atoms with Crippen molar-refractivity contribution in [3.05, 3.63) is 36.6 Å². The van der Waals surface area contributed by atoms with Crippen molar-refractivity contribution < 1.29 is 4.79 Å². The van der Waals surface area contributed by atoms with Crippen molar-refractivity contribution in [2.45, 2.75) is 46.0 Å². The van der Waals surface area contributed by atoms with E-state index in [0.29, 0.717) is 30.1 Å². The third kappa shape index (κ3) is 1.83. The van der Waals surface area contributed by atoms with Crippen LogP contribution in [0.3, 0.4) is 0 Å². The summed E-state index contributed by atoms with van der Waals surface area (Å²) in [5.74, 6) is 2.30. The minimum Gasteiger partial charge on any atom is -0.319 e. The highest BCUT2D eigenvalue weighted by atomic mass is 16.2. The first-order valence-electron chi connectivity index (χ1n) is 9.61. The first-order valence-corrected chi connectivity index (χ1v) is 9.61. The number of fused-ring (bicyclic) bond motifs is 5. The Balaban J connectivity index is 1.51. The molecule has 5 rings (SSSR count). The average Bonchev–Trinajstić information content (AvgIpc) is 3.25. The van der Waals surface area contributed by atoms with Gasteiger partial charge in [-0.1, -0.05) is 26.0 Å². The summed E-state index contributed by atoms with van der Waals surface area (Å²) in [6.45, 7) is 4.80. The van der Waals surface area contributed by atoms with Crippen molar-refractivity contribution in [1.29, 1.82) is 0 Å². The second-order valence-electron chi connectivity index (χ2n) is 9.00. The Morgan fingerprint density at radius 1 is 1.12 bits per heavy atom. The zero-order valence-electron chi connectivity index (χ0n) is 15.4. The average molecular weight is 337 g/mol. The van der Waals surface area contributed by atoms with E-state index >= 15 is 0 Å². The number of hydrogen-bond donors (Lipinski definition) is 0. The molecule has 3 unspecified atom stereocenters. The van der Waals surface area contributed by atoms with Gasteiger partial charge in [0.2, 0.25) is 5.91 Å². The van der Waals surface area contributed by atoms with Gasteiger partial charge < -0.3 is 9.47 Å². The van der Waals surface area contributed by atoms with Gasteiger partial charge in [-0.05, 0) is 43.4 Å². The minimum atomic E-state index is 0.0494. The summed E-state index contributed by atoms with van der Waals surface area (Å²) in [4.78, 5) is 18.6. The van der Waals surface area contributed by atoms with Crippen LogP contribution in [0.15, 0.2) is 36.6 Å². The number of likely N-dealkylation sites (tertiary alicyclic amines) is 1. The van der Waals surface area contributed by atoms with E-state index in [1.54, 1.807) is 0 Å². The Kier molecular flexibility index (Phi) is 3.00. The molecule has 3 aliphatic carbocycles. The lowest BCUT2D eigenvalue weighted by molar-refractivity contribution is -0.126. The lowest BCUT2D eigenvalue weighted by Gasteiger charge is -2.54. The third-order valence-electron chi connectivity index (χ3n) is 8.00. The molecule has 0 radical (unpaired) electrons. The van der Waals surface area contributed by atoms with E-state index in [4.69, 9.17) is 0 Å². The van der Waals surface area contributed by atoms with Crippen LogP contribution in [0.5, 0.6) is 0 Å². The van der Waals surface area contributed by atoms with Gasteiger partial charge >= 0.3 is 0 Å². The van der Waals surface area contributed by atoms with Crippen LogP contribution in [0.2, 0.25) is 0 Å². The van der Waals surface area contributed by atoms with E-state index in [-0.39, 0.29) is 10.8 Å². The second kappa shape index (κ2) is 4.87. The molecule has 2 fully saturated rings. The molecule has 1 saturated carbocycles. The molecule has 25 heavy (non-hydrogen) atoms. The Morgan fingerprint density at radius 3 is 2.68 bits per heavy atom. The number of allylic oxidation sites excluding steroid dienone is 4. The minimum absolute atomic E-state index is 0.0494. The molecule has 2 heterocycles. The fourth-order valence-electron chi connectivity index (χ4n) is 6.73. The van der Waals surface area contributed by atoms with Gasteiger partial charge in [0.15, 0.2) is 0 Å². The maximum atomic E-state index is 12.4. The van der Waals surface area contributed by atoms with Crippen molar-refractivity contribution in [2.24, 2.45) is 28.6 Å². The number of aromatic nitrogens is 2. The predicted molar refractivity (Wildman–Crippen MR) is 97.1 cm³/mol. The standard InChI is InChI=1S/C21H27N3O/c1-20-9-8-16-14(4-6-17-21(16,2)12-19(25)23(17)3)15(20)5-7-18(20)24-11-10-22-13-24/h6-7,10-11,13-16H,4-5,8-9,12H2,1-3H3/t14?,15?,16?,20-,21+/m0/s1. The highest BCUT2D eigenvalue weighted by Crippen LogP contribution is 2.65. The number of imidazole rings is 1. The van der Waals surface area contributed by atoms with E-state index in [0.717, 1.165) is 12.8 Å². The molecule has 0 N–H and O–H groups in total. The van der Waals surface area contributed by atoms with Crippen molar-refractivity contribution in [3.63, 3.8) is 0 Å². The number of nitrogens with zero attached hydrogens (tertiary/aromatic N) is 3. The molecule has 1 aliphatic heterocycles. The summed E-state index contributed by atoms with van der Waals surface area (Å²) in [6, 6.07) is 0. The zero-order chi connectivity index (χ0) is 17.4. The number of rotatable bonds is 1. The van der Waals surface area contributed by atoms with E-state index in [1.807, 2.05) is 24.5 Å². The summed E-state index contributed by atoms with van der Waals surface area (Å²) in [6.07, 6.45) is 16.1. The Labute approximate surface area is 149 Å². The normalized spacial score (nSPS) is 42.6. The maximum Gasteiger partial charge on any atom is 0.227 e. The van der Waals surface area contributed by atoms with Crippen molar-refractivity contribution in [2.75, 3.05) is 7.05 Å². The molecule has 1 aromatic heterocycles. The number of hydrogen-bond acceptors (Lipinski definition) is 2. The summed E-state index contributed by atoms with van der Waals surface area (Å²) in [7, 11) is 1.96. The summed E-state index contributed by atoms with van der Waals surface area (Å²) in [5.41, 5.74) is 3.02. The molecule has 1 saturated heterocycles. The van der Waals surface area contributed by atoms with Crippen LogP contribution in [0.4, 0.5) is 0 Å². The van der Waals surface area contributed by atoms with E-state index < -0.39 is 0 Å². The highest BCUT2D eigenvalue weighted by molar-refractivity contribution is 5.83. The van der Waals surface area contributed by atoms with E-state index in [1.165, 1.54) is 24.2 Å². The van der Waals surface area contributed by atoms with Crippen molar-refractivity contribution in [1.82, 2.24) is 14.5 Å². The molecular weight excluding hydrogens is 310 g/mol. The van der Waals surface area contributed by atoms with Gasteiger partial charge in [-0.15, -0.1) is 0 Å². The molecule has 0 spiro atoms. The van der Waals surface area contributed by atoms with Gasteiger partial charge in [0.05, 0.1) is 6.33 Å². The largest absolute Gasteiger partial charge is 0.319 e. The molecule has 4 nitrogen and oxygen atoms in total. The van der Waals surface area contributed by atoms with Gasteiger partial charge in [0, 0.05) is 48.1 Å². The highest BCUT2D eigenvalue weighted by Gasteiger charge is 2.59. The van der Waals surface area contributed by atoms with Crippen molar-refractivity contribution in [3.8, 4) is 0 Å². The molecule has 1 amide bonds. The first-order chi connectivity index (χ1) is 11.9. The Morgan fingerprint density at radius 2 is 1.92 bits per heavy atom. The summed E-state index contributed by atoms with van der Waals surface area (Å²) >= 11 is 0. The van der Waals surface area contributed by atoms with Crippen LogP contribution in [0, 0.1) is 28.6 Å².